The van der Waals surface area contributed by atoms with Gasteiger partial charge in [0, 0.05) is 40.8 Å². The van der Waals surface area contributed by atoms with E-state index in [-0.39, 0.29) is 6.03 Å². The Hall–Kier alpha value is -4.62. The van der Waals surface area contributed by atoms with Gasteiger partial charge in [0.05, 0.1) is 16.7 Å². The maximum Gasteiger partial charge on any atom is 0.329 e. The Morgan fingerprint density at radius 1 is 0.923 bits per heavy atom. The molecular formula is C32H30N4O3. The van der Waals surface area contributed by atoms with Gasteiger partial charge in [0.25, 0.3) is 5.91 Å². The number of anilines is 2. The van der Waals surface area contributed by atoms with E-state index in [0.717, 1.165) is 49.9 Å². The SMILES string of the molecule is Cc1c(-c2ccc(C(N)=O)c3[nH]c4cc(C(C)(C)O)ccc4c23)cccc1N1CCN(c2ccccc2)C1=O. The fraction of sp³-hybridized carbons (Fsp3) is 0.188. The van der Waals surface area contributed by atoms with Crippen molar-refractivity contribution in [3.05, 3.63) is 95.6 Å². The Kier molecular flexibility index (Phi) is 5.70. The van der Waals surface area contributed by atoms with Crippen LogP contribution >= 0.6 is 0 Å². The standard InChI is InChI=1S/C32H30N4O3/c1-19-22(10-7-11-27(19)36-17-16-35(31(36)38)21-8-5-4-6-9-21)23-14-15-25(30(33)37)29-28(23)24-13-12-20(32(2,3)39)18-26(24)34-29/h4-15,18,34,39H,16-17H2,1-3H3,(H2,33,37). The molecular weight excluding hydrogens is 488 g/mol. The highest BCUT2D eigenvalue weighted by Crippen LogP contribution is 2.41. The van der Waals surface area contributed by atoms with E-state index in [0.29, 0.717) is 24.2 Å². The number of hydrogen-bond acceptors (Lipinski definition) is 3. The molecule has 0 bridgehead atoms. The second kappa shape index (κ2) is 8.99. The summed E-state index contributed by atoms with van der Waals surface area (Å²) in [6.45, 7) is 6.70. The number of fused-ring (bicyclic) bond motifs is 3. The van der Waals surface area contributed by atoms with Crippen molar-refractivity contribution in [3.63, 3.8) is 0 Å². The Labute approximate surface area is 226 Å². The lowest BCUT2D eigenvalue weighted by Gasteiger charge is -2.22. The first kappa shape index (κ1) is 24.7. The Morgan fingerprint density at radius 3 is 2.38 bits per heavy atom. The number of hydrogen-bond donors (Lipinski definition) is 3. The first-order valence-electron chi connectivity index (χ1n) is 13.0. The average Bonchev–Trinajstić information content (AvgIpc) is 3.48. The number of H-pyrrole nitrogens is 1. The van der Waals surface area contributed by atoms with E-state index in [9.17, 15) is 14.7 Å². The molecule has 5 aromatic rings. The fourth-order valence-corrected chi connectivity index (χ4v) is 5.64. The maximum atomic E-state index is 13.5. The van der Waals surface area contributed by atoms with Crippen LogP contribution in [0.4, 0.5) is 16.2 Å². The van der Waals surface area contributed by atoms with Gasteiger partial charge < -0.3 is 15.8 Å². The van der Waals surface area contributed by atoms with Gasteiger partial charge in [-0.3, -0.25) is 14.6 Å². The third-order valence-corrected chi connectivity index (χ3v) is 7.69. The molecule has 2 heterocycles. The highest BCUT2D eigenvalue weighted by Gasteiger charge is 2.32. The van der Waals surface area contributed by atoms with Gasteiger partial charge in [-0.1, -0.05) is 48.5 Å². The zero-order valence-corrected chi connectivity index (χ0v) is 22.2. The number of urea groups is 1. The molecule has 39 heavy (non-hydrogen) atoms. The number of carbonyl (C=O) groups is 2. The molecule has 1 aromatic heterocycles. The number of aliphatic hydroxyl groups is 1. The molecule has 0 unspecified atom stereocenters. The minimum atomic E-state index is -1.01. The van der Waals surface area contributed by atoms with Gasteiger partial charge in [0.1, 0.15) is 0 Å². The maximum absolute atomic E-state index is 13.5. The van der Waals surface area contributed by atoms with Crippen LogP contribution in [0.3, 0.4) is 0 Å². The molecule has 196 valence electrons. The number of nitrogens with one attached hydrogen (secondary N) is 1. The predicted octanol–water partition coefficient (Wildman–Crippen LogP) is 6.07. The smallest absolute Gasteiger partial charge is 0.329 e. The summed E-state index contributed by atoms with van der Waals surface area (Å²) in [7, 11) is 0. The van der Waals surface area contributed by atoms with Crippen molar-refractivity contribution in [3.8, 4) is 11.1 Å². The van der Waals surface area contributed by atoms with Crippen LogP contribution in [0.15, 0.2) is 78.9 Å². The van der Waals surface area contributed by atoms with Crippen LogP contribution in [0.25, 0.3) is 32.9 Å². The van der Waals surface area contributed by atoms with Crippen LogP contribution in [0.2, 0.25) is 0 Å². The number of rotatable bonds is 5. The number of benzene rings is 4. The molecule has 0 aliphatic carbocycles. The number of amides is 3. The van der Waals surface area contributed by atoms with Crippen LogP contribution in [-0.2, 0) is 5.60 Å². The second-order valence-corrected chi connectivity index (χ2v) is 10.6. The summed E-state index contributed by atoms with van der Waals surface area (Å²) in [4.78, 5) is 32.8. The molecule has 0 atom stereocenters. The summed E-state index contributed by atoms with van der Waals surface area (Å²) < 4.78 is 0. The minimum Gasteiger partial charge on any atom is -0.386 e. The molecule has 7 nitrogen and oxygen atoms in total. The molecule has 1 aliphatic rings. The van der Waals surface area contributed by atoms with Crippen LogP contribution in [0.1, 0.15) is 35.3 Å². The third kappa shape index (κ3) is 4.02. The highest BCUT2D eigenvalue weighted by molar-refractivity contribution is 6.20. The van der Waals surface area contributed by atoms with Crippen molar-refractivity contribution in [2.24, 2.45) is 5.73 Å². The normalized spacial score (nSPS) is 14.1. The number of nitrogens with zero attached hydrogens (tertiary/aromatic N) is 2. The molecule has 3 amide bonds. The lowest BCUT2D eigenvalue weighted by molar-refractivity contribution is 0.0787. The monoisotopic (exact) mass is 518 g/mol. The molecule has 1 saturated heterocycles. The minimum absolute atomic E-state index is 0.0538. The summed E-state index contributed by atoms with van der Waals surface area (Å²) in [6.07, 6.45) is 0. The van der Waals surface area contributed by atoms with Gasteiger partial charge in [-0.25, -0.2) is 4.79 Å². The first-order valence-corrected chi connectivity index (χ1v) is 13.0. The molecule has 0 radical (unpaired) electrons. The zero-order chi connectivity index (χ0) is 27.5. The van der Waals surface area contributed by atoms with Crippen LogP contribution in [0.5, 0.6) is 0 Å². The van der Waals surface area contributed by atoms with Crippen LogP contribution in [-0.4, -0.2) is 35.1 Å². The third-order valence-electron chi connectivity index (χ3n) is 7.69. The number of carbonyl (C=O) groups excluding carboxylic acids is 2. The number of para-hydroxylation sites is 1. The first-order chi connectivity index (χ1) is 18.6. The Bertz CT molecular complexity index is 1770. The number of aromatic nitrogens is 1. The van der Waals surface area contributed by atoms with Gasteiger partial charge in [-0.05, 0) is 73.4 Å². The molecule has 0 saturated carbocycles. The Balaban J connectivity index is 1.51. The molecule has 1 aliphatic heterocycles. The number of primary amides is 1. The van der Waals surface area contributed by atoms with E-state index < -0.39 is 11.5 Å². The van der Waals surface area contributed by atoms with E-state index in [1.165, 1.54) is 0 Å². The van der Waals surface area contributed by atoms with Crippen molar-refractivity contribution in [1.29, 1.82) is 0 Å². The summed E-state index contributed by atoms with van der Waals surface area (Å²) in [5, 5.41) is 12.4. The number of aromatic amines is 1. The lowest BCUT2D eigenvalue weighted by Crippen LogP contribution is -2.32. The van der Waals surface area contributed by atoms with Gasteiger partial charge in [0.2, 0.25) is 0 Å². The van der Waals surface area contributed by atoms with Crippen molar-refractivity contribution in [2.75, 3.05) is 22.9 Å². The van der Waals surface area contributed by atoms with E-state index in [2.05, 4.69) is 4.98 Å². The predicted molar refractivity (Wildman–Crippen MR) is 156 cm³/mol. The number of nitrogens with two attached hydrogens (primary N) is 1. The van der Waals surface area contributed by atoms with Crippen molar-refractivity contribution in [1.82, 2.24) is 4.98 Å². The molecule has 4 aromatic carbocycles. The second-order valence-electron chi connectivity index (χ2n) is 10.6. The fourth-order valence-electron chi connectivity index (χ4n) is 5.64. The highest BCUT2D eigenvalue weighted by atomic mass is 16.3. The van der Waals surface area contributed by atoms with E-state index >= 15 is 0 Å². The van der Waals surface area contributed by atoms with E-state index in [1.807, 2.05) is 84.6 Å². The average molecular weight is 519 g/mol. The van der Waals surface area contributed by atoms with E-state index in [1.54, 1.807) is 24.8 Å². The lowest BCUT2D eigenvalue weighted by atomic mass is 9.92. The van der Waals surface area contributed by atoms with Gasteiger partial charge in [-0.15, -0.1) is 0 Å². The zero-order valence-electron chi connectivity index (χ0n) is 22.2. The summed E-state index contributed by atoms with van der Waals surface area (Å²) >= 11 is 0. The molecule has 7 heteroatoms. The van der Waals surface area contributed by atoms with E-state index in [4.69, 9.17) is 5.73 Å². The summed E-state index contributed by atoms with van der Waals surface area (Å²) in [5.74, 6) is -0.519. The van der Waals surface area contributed by atoms with Gasteiger partial charge >= 0.3 is 6.03 Å². The van der Waals surface area contributed by atoms with Crippen LogP contribution < -0.4 is 15.5 Å². The van der Waals surface area contributed by atoms with Gasteiger partial charge in [-0.2, -0.15) is 0 Å². The van der Waals surface area contributed by atoms with Crippen molar-refractivity contribution < 1.29 is 14.7 Å². The van der Waals surface area contributed by atoms with Gasteiger partial charge in [0.15, 0.2) is 0 Å². The largest absolute Gasteiger partial charge is 0.386 e. The van der Waals surface area contributed by atoms with Crippen molar-refractivity contribution >= 4 is 45.1 Å². The molecule has 0 spiro atoms. The molecule has 4 N–H and O–H groups in total. The van der Waals surface area contributed by atoms with Crippen LogP contribution in [0, 0.1) is 6.92 Å². The molecule has 1 fully saturated rings. The summed E-state index contributed by atoms with van der Waals surface area (Å²) in [6, 6.07) is 25.1. The molecule has 6 rings (SSSR count). The summed E-state index contributed by atoms with van der Waals surface area (Å²) in [5.41, 5.74) is 12.0. The Morgan fingerprint density at radius 2 is 1.67 bits per heavy atom. The quantitative estimate of drug-likeness (QED) is 0.263. The van der Waals surface area contributed by atoms with Crippen molar-refractivity contribution in [2.45, 2.75) is 26.4 Å². The topological polar surface area (TPSA) is 103 Å².